The Hall–Kier alpha value is -3.15. The predicted octanol–water partition coefficient (Wildman–Crippen LogP) is 3.93. The van der Waals surface area contributed by atoms with Gasteiger partial charge in [0.1, 0.15) is 5.75 Å². The molecule has 0 saturated heterocycles. The first-order valence-corrected chi connectivity index (χ1v) is 9.16. The highest BCUT2D eigenvalue weighted by atomic mass is 16.5. The molecular weight excluding hydrogens is 358 g/mol. The van der Waals surface area contributed by atoms with Gasteiger partial charge in [-0.3, -0.25) is 14.4 Å². The van der Waals surface area contributed by atoms with E-state index in [0.29, 0.717) is 24.3 Å². The second-order valence-electron chi connectivity index (χ2n) is 6.49. The van der Waals surface area contributed by atoms with Gasteiger partial charge in [0.15, 0.2) is 11.9 Å². The lowest BCUT2D eigenvalue weighted by molar-refractivity contribution is -0.153. The number of amides is 1. The van der Waals surface area contributed by atoms with Gasteiger partial charge >= 0.3 is 5.97 Å². The molecule has 0 saturated carbocycles. The second kappa shape index (κ2) is 10.3. The summed E-state index contributed by atoms with van der Waals surface area (Å²) in [6, 6.07) is 14.4. The molecule has 2 aromatic carbocycles. The number of aryl methyl sites for hydroxylation is 1. The molecule has 0 aromatic heterocycles. The molecule has 0 aliphatic rings. The van der Waals surface area contributed by atoms with Gasteiger partial charge in [0.2, 0.25) is 0 Å². The minimum Gasteiger partial charge on any atom is -0.494 e. The highest BCUT2D eigenvalue weighted by Crippen LogP contribution is 2.16. The quantitative estimate of drug-likeness (QED) is 0.403. The van der Waals surface area contributed by atoms with Crippen molar-refractivity contribution >= 4 is 23.3 Å². The maximum absolute atomic E-state index is 12.2. The number of ketones is 1. The number of benzene rings is 2. The van der Waals surface area contributed by atoms with Crippen LogP contribution in [0.25, 0.3) is 0 Å². The van der Waals surface area contributed by atoms with Gasteiger partial charge in [-0.05, 0) is 57.0 Å². The van der Waals surface area contributed by atoms with E-state index in [0.717, 1.165) is 11.3 Å². The molecule has 6 heteroatoms. The van der Waals surface area contributed by atoms with Crippen LogP contribution in [0.2, 0.25) is 0 Å². The third-order valence-electron chi connectivity index (χ3n) is 4.03. The van der Waals surface area contributed by atoms with Crippen LogP contribution < -0.4 is 10.1 Å². The SMILES string of the molecule is CC(=O)c1ccccc1NC(=O)[C@H](C)OC(=O)CCCOc1cccc(C)c1. The van der Waals surface area contributed by atoms with Gasteiger partial charge in [0.25, 0.3) is 5.91 Å². The molecule has 0 spiro atoms. The second-order valence-corrected chi connectivity index (χ2v) is 6.49. The molecule has 0 fully saturated rings. The maximum Gasteiger partial charge on any atom is 0.306 e. The molecule has 0 aliphatic heterocycles. The number of Topliss-reactive ketones (excluding diaryl/α,β-unsaturated/α-hetero) is 1. The fourth-order valence-corrected chi connectivity index (χ4v) is 2.55. The van der Waals surface area contributed by atoms with Crippen molar-refractivity contribution < 1.29 is 23.9 Å². The van der Waals surface area contributed by atoms with Crippen LogP contribution in [0.4, 0.5) is 5.69 Å². The molecule has 0 radical (unpaired) electrons. The standard InChI is InChI=1S/C22H25NO5/c1-15-8-6-9-18(14-15)27-13-7-12-21(25)28-17(3)22(26)23-20-11-5-4-10-19(20)16(2)24/h4-6,8-11,14,17H,7,12-13H2,1-3H3,(H,23,26)/t17-/m0/s1. The van der Waals surface area contributed by atoms with E-state index in [4.69, 9.17) is 9.47 Å². The summed E-state index contributed by atoms with van der Waals surface area (Å²) in [5.41, 5.74) is 1.90. The van der Waals surface area contributed by atoms with Crippen molar-refractivity contribution in [3.05, 3.63) is 59.7 Å². The molecule has 2 rings (SSSR count). The number of hydrogen-bond acceptors (Lipinski definition) is 5. The summed E-state index contributed by atoms with van der Waals surface area (Å²) in [5.74, 6) is -0.368. The highest BCUT2D eigenvalue weighted by Gasteiger charge is 2.19. The predicted molar refractivity (Wildman–Crippen MR) is 107 cm³/mol. The number of rotatable bonds is 9. The Morgan fingerprint density at radius 2 is 1.82 bits per heavy atom. The first kappa shape index (κ1) is 21.2. The van der Waals surface area contributed by atoms with Crippen LogP contribution in [-0.4, -0.2) is 30.4 Å². The minimum absolute atomic E-state index is 0.146. The van der Waals surface area contributed by atoms with Crippen molar-refractivity contribution in [1.82, 2.24) is 0 Å². The molecule has 2 aromatic rings. The molecule has 0 heterocycles. The molecule has 0 unspecified atom stereocenters. The average molecular weight is 383 g/mol. The van der Waals surface area contributed by atoms with E-state index < -0.39 is 18.0 Å². The van der Waals surface area contributed by atoms with Gasteiger partial charge in [0.05, 0.1) is 12.3 Å². The smallest absolute Gasteiger partial charge is 0.306 e. The third-order valence-corrected chi connectivity index (χ3v) is 4.03. The van der Waals surface area contributed by atoms with Crippen molar-refractivity contribution in [2.75, 3.05) is 11.9 Å². The fraction of sp³-hybridized carbons (Fsp3) is 0.318. The lowest BCUT2D eigenvalue weighted by Crippen LogP contribution is -2.30. The lowest BCUT2D eigenvalue weighted by Gasteiger charge is -2.15. The lowest BCUT2D eigenvalue weighted by atomic mass is 10.1. The maximum atomic E-state index is 12.2. The molecule has 0 bridgehead atoms. The Morgan fingerprint density at radius 1 is 1.07 bits per heavy atom. The summed E-state index contributed by atoms with van der Waals surface area (Å²) in [5, 5.41) is 2.63. The van der Waals surface area contributed by atoms with Crippen molar-refractivity contribution in [3.8, 4) is 5.75 Å². The van der Waals surface area contributed by atoms with E-state index >= 15 is 0 Å². The molecule has 6 nitrogen and oxygen atoms in total. The summed E-state index contributed by atoms with van der Waals surface area (Å²) in [6.45, 7) is 5.27. The van der Waals surface area contributed by atoms with E-state index in [1.165, 1.54) is 13.8 Å². The zero-order chi connectivity index (χ0) is 20.5. The third kappa shape index (κ3) is 6.54. The minimum atomic E-state index is -0.967. The zero-order valence-corrected chi connectivity index (χ0v) is 16.4. The summed E-state index contributed by atoms with van der Waals surface area (Å²) < 4.78 is 10.7. The molecular formula is C22H25NO5. The first-order valence-electron chi connectivity index (χ1n) is 9.16. The van der Waals surface area contributed by atoms with E-state index in [1.807, 2.05) is 31.2 Å². The Labute approximate surface area is 164 Å². The van der Waals surface area contributed by atoms with Gasteiger partial charge in [-0.15, -0.1) is 0 Å². The van der Waals surface area contributed by atoms with Crippen molar-refractivity contribution in [3.63, 3.8) is 0 Å². The Bertz CT molecular complexity index is 846. The summed E-state index contributed by atoms with van der Waals surface area (Å²) in [7, 11) is 0. The van der Waals surface area contributed by atoms with E-state index in [2.05, 4.69) is 5.32 Å². The number of hydrogen-bond donors (Lipinski definition) is 1. The van der Waals surface area contributed by atoms with Crippen molar-refractivity contribution in [2.24, 2.45) is 0 Å². The summed E-state index contributed by atoms with van der Waals surface area (Å²) in [4.78, 5) is 35.8. The number of carbonyl (C=O) groups is 3. The summed E-state index contributed by atoms with van der Waals surface area (Å²) in [6.07, 6.45) is -0.341. The normalized spacial score (nSPS) is 11.4. The topological polar surface area (TPSA) is 81.7 Å². The monoisotopic (exact) mass is 383 g/mol. The van der Waals surface area contributed by atoms with Crippen LogP contribution in [-0.2, 0) is 14.3 Å². The van der Waals surface area contributed by atoms with Gasteiger partial charge in [-0.25, -0.2) is 0 Å². The van der Waals surface area contributed by atoms with Crippen LogP contribution in [0.1, 0.15) is 42.6 Å². The zero-order valence-electron chi connectivity index (χ0n) is 16.4. The number of esters is 1. The molecule has 28 heavy (non-hydrogen) atoms. The molecule has 148 valence electrons. The van der Waals surface area contributed by atoms with Crippen LogP contribution in [0.3, 0.4) is 0 Å². The van der Waals surface area contributed by atoms with Gasteiger partial charge in [-0.2, -0.15) is 0 Å². The molecule has 0 aliphatic carbocycles. The Kier molecular flexibility index (Phi) is 7.75. The van der Waals surface area contributed by atoms with Crippen molar-refractivity contribution in [2.45, 2.75) is 39.7 Å². The number of carbonyl (C=O) groups excluding carboxylic acids is 3. The van der Waals surface area contributed by atoms with Gasteiger partial charge < -0.3 is 14.8 Å². The largest absolute Gasteiger partial charge is 0.494 e. The van der Waals surface area contributed by atoms with Crippen LogP contribution in [0.5, 0.6) is 5.75 Å². The number of anilines is 1. The van der Waals surface area contributed by atoms with Crippen LogP contribution >= 0.6 is 0 Å². The van der Waals surface area contributed by atoms with Crippen LogP contribution in [0.15, 0.2) is 48.5 Å². The fourth-order valence-electron chi connectivity index (χ4n) is 2.55. The Balaban J connectivity index is 1.75. The number of para-hydroxylation sites is 1. The van der Waals surface area contributed by atoms with E-state index in [9.17, 15) is 14.4 Å². The van der Waals surface area contributed by atoms with Gasteiger partial charge in [0, 0.05) is 12.0 Å². The molecule has 1 amide bonds. The van der Waals surface area contributed by atoms with Gasteiger partial charge in [-0.1, -0.05) is 24.3 Å². The van der Waals surface area contributed by atoms with E-state index in [1.54, 1.807) is 24.3 Å². The molecule has 1 N–H and O–H groups in total. The average Bonchev–Trinajstić information content (AvgIpc) is 2.65. The number of ether oxygens (including phenoxy) is 2. The van der Waals surface area contributed by atoms with E-state index in [-0.39, 0.29) is 12.2 Å². The van der Waals surface area contributed by atoms with Crippen LogP contribution in [0, 0.1) is 6.92 Å². The number of nitrogens with one attached hydrogen (secondary N) is 1. The van der Waals surface area contributed by atoms with Crippen molar-refractivity contribution in [1.29, 1.82) is 0 Å². The highest BCUT2D eigenvalue weighted by molar-refractivity contribution is 6.04. The summed E-state index contributed by atoms with van der Waals surface area (Å²) >= 11 is 0. The Morgan fingerprint density at radius 3 is 2.54 bits per heavy atom. The molecule has 1 atom stereocenters. The first-order chi connectivity index (χ1) is 13.4.